The molecule has 1 fully saturated rings. The molecule has 2 unspecified atom stereocenters. The Hall–Kier alpha value is -2.86. The van der Waals surface area contributed by atoms with Crippen molar-refractivity contribution in [3.05, 3.63) is 66.2 Å². The number of aryl methyl sites for hydroxylation is 1. The molecular formula is C20H22N2O4. The van der Waals surface area contributed by atoms with Crippen molar-refractivity contribution < 1.29 is 19.4 Å². The molecule has 2 N–H and O–H groups in total. The molecule has 3 rings (SSSR count). The Balaban J connectivity index is 1.48. The third-order valence-electron chi connectivity index (χ3n) is 4.25. The predicted octanol–water partition coefficient (Wildman–Crippen LogP) is 1.98. The summed E-state index contributed by atoms with van der Waals surface area (Å²) in [6.07, 6.45) is 0.282. The number of aliphatic hydroxyl groups is 1. The van der Waals surface area contributed by atoms with Crippen molar-refractivity contribution in [3.63, 3.8) is 0 Å². The summed E-state index contributed by atoms with van der Waals surface area (Å²) >= 11 is 0. The van der Waals surface area contributed by atoms with Gasteiger partial charge in [-0.25, -0.2) is 4.79 Å². The van der Waals surface area contributed by atoms with Gasteiger partial charge >= 0.3 is 6.03 Å². The average Bonchev–Trinajstić information content (AvgIpc) is 2.94. The number of para-hydroxylation sites is 1. The first-order chi connectivity index (χ1) is 12.6. The minimum absolute atomic E-state index is 0.00968. The van der Waals surface area contributed by atoms with E-state index in [0.717, 1.165) is 10.5 Å². The maximum Gasteiger partial charge on any atom is 0.324 e. The van der Waals surface area contributed by atoms with E-state index in [9.17, 15) is 14.7 Å². The quantitative estimate of drug-likeness (QED) is 0.711. The van der Waals surface area contributed by atoms with Crippen LogP contribution in [0.1, 0.15) is 12.0 Å². The van der Waals surface area contributed by atoms with E-state index >= 15 is 0 Å². The van der Waals surface area contributed by atoms with Crippen molar-refractivity contribution in [1.29, 1.82) is 0 Å². The first-order valence-corrected chi connectivity index (χ1v) is 8.65. The van der Waals surface area contributed by atoms with Gasteiger partial charge in [-0.1, -0.05) is 48.5 Å². The molecule has 1 saturated heterocycles. The molecule has 0 bridgehead atoms. The van der Waals surface area contributed by atoms with Crippen LogP contribution in [0.5, 0.6) is 5.75 Å². The Morgan fingerprint density at radius 3 is 2.38 bits per heavy atom. The Kier molecular flexibility index (Phi) is 5.86. The van der Waals surface area contributed by atoms with Crippen molar-refractivity contribution in [1.82, 2.24) is 10.2 Å². The number of carbonyl (C=O) groups excluding carboxylic acids is 2. The fraction of sp³-hybridized carbons (Fsp3) is 0.300. The highest BCUT2D eigenvalue weighted by molar-refractivity contribution is 6.04. The van der Waals surface area contributed by atoms with Crippen LogP contribution in [0.4, 0.5) is 4.79 Å². The van der Waals surface area contributed by atoms with Crippen LogP contribution < -0.4 is 10.1 Å². The molecule has 6 heteroatoms. The van der Waals surface area contributed by atoms with Gasteiger partial charge in [0.25, 0.3) is 5.91 Å². The van der Waals surface area contributed by atoms with Crippen molar-refractivity contribution in [3.8, 4) is 5.75 Å². The van der Waals surface area contributed by atoms with E-state index in [1.807, 2.05) is 48.5 Å². The Morgan fingerprint density at radius 1 is 1.04 bits per heavy atom. The second-order valence-electron chi connectivity index (χ2n) is 6.25. The molecule has 0 aliphatic carbocycles. The summed E-state index contributed by atoms with van der Waals surface area (Å²) in [6.45, 7) is -0.0743. The number of rotatable bonds is 8. The zero-order valence-electron chi connectivity index (χ0n) is 14.4. The van der Waals surface area contributed by atoms with Crippen LogP contribution in [0.3, 0.4) is 0 Å². The van der Waals surface area contributed by atoms with Crippen LogP contribution in [-0.2, 0) is 11.2 Å². The van der Waals surface area contributed by atoms with Crippen molar-refractivity contribution >= 4 is 11.9 Å². The number of hydrogen-bond acceptors (Lipinski definition) is 4. The first-order valence-electron chi connectivity index (χ1n) is 8.65. The molecule has 0 aromatic heterocycles. The highest BCUT2D eigenvalue weighted by Gasteiger charge is 2.38. The third kappa shape index (κ3) is 4.61. The van der Waals surface area contributed by atoms with Gasteiger partial charge < -0.3 is 15.2 Å². The van der Waals surface area contributed by atoms with E-state index in [2.05, 4.69) is 5.32 Å². The normalized spacial score (nSPS) is 17.9. The Bertz CT molecular complexity index is 736. The minimum atomic E-state index is -0.947. The lowest BCUT2D eigenvalue weighted by Gasteiger charge is -2.18. The number of nitrogens with zero attached hydrogens (tertiary/aromatic N) is 1. The van der Waals surface area contributed by atoms with Gasteiger partial charge in [-0.05, 0) is 30.5 Å². The van der Waals surface area contributed by atoms with Crippen LogP contribution in [0.25, 0.3) is 0 Å². The van der Waals surface area contributed by atoms with Gasteiger partial charge in [-0.15, -0.1) is 0 Å². The van der Waals surface area contributed by atoms with Crippen molar-refractivity contribution in [2.75, 3.05) is 13.2 Å². The maximum atomic E-state index is 12.4. The monoisotopic (exact) mass is 354 g/mol. The standard InChI is InChI=1S/C20H22N2O4/c23-16(14-26-17-9-5-2-6-10-17)13-22-19(24)18(21-20(22)25)12-11-15-7-3-1-4-8-15/h1-10,16,18,23H,11-14H2,(H,21,25). The third-order valence-corrected chi connectivity index (χ3v) is 4.25. The molecular weight excluding hydrogens is 332 g/mol. The zero-order valence-corrected chi connectivity index (χ0v) is 14.4. The van der Waals surface area contributed by atoms with Gasteiger partial charge in [0.2, 0.25) is 0 Å². The second kappa shape index (κ2) is 8.49. The zero-order chi connectivity index (χ0) is 18.4. The lowest BCUT2D eigenvalue weighted by molar-refractivity contribution is -0.128. The van der Waals surface area contributed by atoms with E-state index in [-0.39, 0.29) is 19.1 Å². The summed E-state index contributed by atoms with van der Waals surface area (Å²) in [7, 11) is 0. The smallest absolute Gasteiger partial charge is 0.324 e. The first kappa shape index (κ1) is 17.9. The second-order valence-corrected chi connectivity index (χ2v) is 6.25. The van der Waals surface area contributed by atoms with Crippen LogP contribution >= 0.6 is 0 Å². The predicted molar refractivity (Wildman–Crippen MR) is 96.7 cm³/mol. The summed E-state index contributed by atoms with van der Waals surface area (Å²) in [4.78, 5) is 25.6. The molecule has 0 spiro atoms. The number of nitrogens with one attached hydrogen (secondary N) is 1. The van der Waals surface area contributed by atoms with Crippen LogP contribution in [0, 0.1) is 0 Å². The highest BCUT2D eigenvalue weighted by atomic mass is 16.5. The number of ether oxygens (including phenoxy) is 1. The van der Waals surface area contributed by atoms with Crippen LogP contribution in [-0.4, -0.2) is 47.2 Å². The molecule has 2 aromatic rings. The van der Waals surface area contributed by atoms with Crippen LogP contribution in [0.2, 0.25) is 0 Å². The summed E-state index contributed by atoms with van der Waals surface area (Å²) in [5.74, 6) is 0.328. The highest BCUT2D eigenvalue weighted by Crippen LogP contribution is 2.14. The van der Waals surface area contributed by atoms with E-state index < -0.39 is 18.2 Å². The Morgan fingerprint density at radius 2 is 1.69 bits per heavy atom. The average molecular weight is 354 g/mol. The van der Waals surface area contributed by atoms with E-state index in [0.29, 0.717) is 18.6 Å². The largest absolute Gasteiger partial charge is 0.491 e. The van der Waals surface area contributed by atoms with Gasteiger partial charge in [0, 0.05) is 0 Å². The van der Waals surface area contributed by atoms with E-state index in [4.69, 9.17) is 4.74 Å². The maximum absolute atomic E-state index is 12.4. The molecule has 2 atom stereocenters. The van der Waals surface area contributed by atoms with Gasteiger partial charge in [0.05, 0.1) is 6.54 Å². The topological polar surface area (TPSA) is 78.9 Å². The molecule has 1 heterocycles. The molecule has 2 aromatic carbocycles. The lowest BCUT2D eigenvalue weighted by atomic mass is 10.1. The number of hydrogen-bond donors (Lipinski definition) is 2. The number of aliphatic hydroxyl groups excluding tert-OH is 1. The lowest BCUT2D eigenvalue weighted by Crippen LogP contribution is -2.40. The summed E-state index contributed by atoms with van der Waals surface area (Å²) in [5.41, 5.74) is 1.12. The fourth-order valence-corrected chi connectivity index (χ4v) is 2.87. The number of urea groups is 1. The van der Waals surface area contributed by atoms with E-state index in [1.54, 1.807) is 12.1 Å². The molecule has 26 heavy (non-hydrogen) atoms. The molecule has 3 amide bonds. The number of β-amino-alcohol motifs (C(OH)–C–C–N with tert-alkyl or cyclic N) is 1. The summed E-state index contributed by atoms with van der Waals surface area (Å²) in [6, 6.07) is 17.9. The molecule has 1 aliphatic rings. The molecule has 0 radical (unpaired) electrons. The number of carbonyl (C=O) groups is 2. The minimum Gasteiger partial charge on any atom is -0.491 e. The summed E-state index contributed by atoms with van der Waals surface area (Å²) in [5, 5.41) is 12.8. The van der Waals surface area contributed by atoms with Crippen molar-refractivity contribution in [2.24, 2.45) is 0 Å². The van der Waals surface area contributed by atoms with Gasteiger partial charge in [0.1, 0.15) is 24.5 Å². The van der Waals surface area contributed by atoms with Gasteiger partial charge in [-0.2, -0.15) is 0 Å². The van der Waals surface area contributed by atoms with Crippen LogP contribution in [0.15, 0.2) is 60.7 Å². The Labute approximate surface area is 152 Å². The van der Waals surface area contributed by atoms with Crippen molar-refractivity contribution in [2.45, 2.75) is 25.0 Å². The SMILES string of the molecule is O=C1NC(CCc2ccccc2)C(=O)N1CC(O)COc1ccccc1. The molecule has 6 nitrogen and oxygen atoms in total. The number of imide groups is 1. The fourth-order valence-electron chi connectivity index (χ4n) is 2.87. The van der Waals surface area contributed by atoms with Gasteiger partial charge in [0.15, 0.2) is 0 Å². The van der Waals surface area contributed by atoms with E-state index in [1.165, 1.54) is 0 Å². The number of amides is 3. The molecule has 1 aliphatic heterocycles. The van der Waals surface area contributed by atoms with Gasteiger partial charge in [-0.3, -0.25) is 9.69 Å². The summed E-state index contributed by atoms with van der Waals surface area (Å²) < 4.78 is 5.46. The number of benzene rings is 2. The molecule has 136 valence electrons. The molecule has 0 saturated carbocycles.